The summed E-state index contributed by atoms with van der Waals surface area (Å²) in [5.41, 5.74) is 5.05. The van der Waals surface area contributed by atoms with E-state index in [1.54, 1.807) is 0 Å². The fraction of sp³-hybridized carbons (Fsp3) is 0.231. The summed E-state index contributed by atoms with van der Waals surface area (Å²) >= 11 is 0. The van der Waals surface area contributed by atoms with E-state index in [-0.39, 0.29) is 6.10 Å². The zero-order valence-corrected chi connectivity index (χ0v) is 16.1. The summed E-state index contributed by atoms with van der Waals surface area (Å²) in [4.78, 5) is 0. The zero-order valence-electron chi connectivity index (χ0n) is 16.1. The van der Waals surface area contributed by atoms with Gasteiger partial charge in [-0.15, -0.1) is 0 Å². The number of nitrogens with one attached hydrogen (secondary N) is 1. The van der Waals surface area contributed by atoms with E-state index in [1.807, 2.05) is 6.08 Å². The third kappa shape index (κ3) is 4.41. The average Bonchev–Trinajstić information content (AvgIpc) is 3.23. The third-order valence-electron chi connectivity index (χ3n) is 5.55. The summed E-state index contributed by atoms with van der Waals surface area (Å²) in [6.45, 7) is 5.35. The summed E-state index contributed by atoms with van der Waals surface area (Å²) in [6.07, 6.45) is 3.11. The molecule has 0 saturated carbocycles. The van der Waals surface area contributed by atoms with Crippen molar-refractivity contribution in [2.75, 3.05) is 6.54 Å². The second kappa shape index (κ2) is 9.01. The van der Waals surface area contributed by atoms with Crippen LogP contribution < -0.4 is 5.32 Å². The molecule has 28 heavy (non-hydrogen) atoms. The highest BCUT2D eigenvalue weighted by atomic mass is 16.5. The summed E-state index contributed by atoms with van der Waals surface area (Å²) in [6, 6.07) is 30.4. The predicted molar refractivity (Wildman–Crippen MR) is 116 cm³/mol. The first-order valence-electron chi connectivity index (χ1n) is 10.00. The number of benzene rings is 3. The summed E-state index contributed by atoms with van der Waals surface area (Å²) in [5, 5.41) is 3.72. The first-order valence-corrected chi connectivity index (χ1v) is 10.00. The normalized spacial score (nSPS) is 19.0. The van der Waals surface area contributed by atoms with E-state index in [1.165, 1.54) is 16.7 Å². The number of ether oxygens (including phenoxy) is 1. The second-order valence-corrected chi connectivity index (χ2v) is 7.43. The fourth-order valence-electron chi connectivity index (χ4n) is 4.06. The van der Waals surface area contributed by atoms with Crippen LogP contribution in [0.5, 0.6) is 0 Å². The predicted octanol–water partition coefficient (Wildman–Crippen LogP) is 5.41. The Morgan fingerprint density at radius 3 is 2.07 bits per heavy atom. The molecule has 1 fully saturated rings. The van der Waals surface area contributed by atoms with E-state index >= 15 is 0 Å². The lowest BCUT2D eigenvalue weighted by Crippen LogP contribution is -2.29. The molecule has 0 spiro atoms. The van der Waals surface area contributed by atoms with E-state index in [9.17, 15) is 0 Å². The van der Waals surface area contributed by atoms with E-state index in [0.29, 0.717) is 18.6 Å². The van der Waals surface area contributed by atoms with Gasteiger partial charge in [-0.05, 0) is 28.7 Å². The van der Waals surface area contributed by atoms with Crippen LogP contribution in [0.4, 0.5) is 0 Å². The van der Waals surface area contributed by atoms with Crippen LogP contribution in [0, 0.1) is 0 Å². The van der Waals surface area contributed by atoms with Gasteiger partial charge in [-0.2, -0.15) is 0 Å². The van der Waals surface area contributed by atoms with E-state index < -0.39 is 0 Å². The van der Waals surface area contributed by atoms with Crippen LogP contribution in [0.1, 0.15) is 34.6 Å². The molecule has 2 atom stereocenters. The van der Waals surface area contributed by atoms with Crippen molar-refractivity contribution >= 4 is 6.08 Å². The third-order valence-corrected chi connectivity index (χ3v) is 5.55. The van der Waals surface area contributed by atoms with Gasteiger partial charge in [0.15, 0.2) is 0 Å². The Morgan fingerprint density at radius 2 is 1.50 bits per heavy atom. The molecule has 0 aromatic heterocycles. The highest BCUT2D eigenvalue weighted by Crippen LogP contribution is 2.32. The Balaban J connectivity index is 1.43. The van der Waals surface area contributed by atoms with E-state index in [2.05, 4.69) is 96.8 Å². The van der Waals surface area contributed by atoms with Crippen molar-refractivity contribution in [3.05, 3.63) is 114 Å². The van der Waals surface area contributed by atoms with Crippen LogP contribution in [0.25, 0.3) is 6.08 Å². The highest BCUT2D eigenvalue weighted by molar-refractivity contribution is 5.47. The summed E-state index contributed by atoms with van der Waals surface area (Å²) < 4.78 is 6.23. The topological polar surface area (TPSA) is 21.3 Å². The molecule has 0 amide bonds. The summed E-state index contributed by atoms with van der Waals surface area (Å²) in [7, 11) is 0. The molecule has 1 aliphatic heterocycles. The minimum absolute atomic E-state index is 0.235. The molecule has 142 valence electrons. The number of rotatable bonds is 7. The maximum atomic E-state index is 6.23. The Kier molecular flexibility index (Phi) is 6.01. The molecule has 1 heterocycles. The van der Waals surface area contributed by atoms with Crippen LogP contribution in [0.15, 0.2) is 91.5 Å². The summed E-state index contributed by atoms with van der Waals surface area (Å²) in [5.74, 6) is 0.336. The highest BCUT2D eigenvalue weighted by Gasteiger charge is 2.32. The van der Waals surface area contributed by atoms with Crippen LogP contribution in [0.3, 0.4) is 0 Å². The molecule has 3 aromatic carbocycles. The van der Waals surface area contributed by atoms with Gasteiger partial charge in [0.05, 0.1) is 12.7 Å². The van der Waals surface area contributed by atoms with Crippen LogP contribution in [0.2, 0.25) is 0 Å². The second-order valence-electron chi connectivity index (χ2n) is 7.43. The fourth-order valence-corrected chi connectivity index (χ4v) is 4.06. The molecule has 4 rings (SSSR count). The lowest BCUT2D eigenvalue weighted by atomic mass is 9.84. The van der Waals surface area contributed by atoms with Crippen LogP contribution in [-0.2, 0) is 11.3 Å². The Hall–Kier alpha value is -2.68. The van der Waals surface area contributed by atoms with E-state index in [4.69, 9.17) is 4.74 Å². The molecule has 1 aliphatic rings. The van der Waals surface area contributed by atoms with Gasteiger partial charge in [0.1, 0.15) is 0 Å². The molecule has 3 aromatic rings. The minimum Gasteiger partial charge on any atom is -0.372 e. The van der Waals surface area contributed by atoms with Crippen molar-refractivity contribution in [3.8, 4) is 0 Å². The van der Waals surface area contributed by atoms with Gasteiger partial charge in [-0.25, -0.2) is 0 Å². The molecule has 1 N–H and O–H groups in total. The SMILES string of the molecule is C=Cc1ccc(CO[C@H]2CN[C@H](C(c3ccccc3)c3ccccc3)C2)cc1. The van der Waals surface area contributed by atoms with Gasteiger partial charge < -0.3 is 10.1 Å². The molecule has 0 aliphatic carbocycles. The molecule has 0 bridgehead atoms. The first-order chi connectivity index (χ1) is 13.8. The molecule has 0 radical (unpaired) electrons. The van der Waals surface area contributed by atoms with Crippen molar-refractivity contribution in [2.24, 2.45) is 0 Å². The van der Waals surface area contributed by atoms with Gasteiger partial charge in [0.25, 0.3) is 0 Å². The van der Waals surface area contributed by atoms with Gasteiger partial charge in [0, 0.05) is 18.5 Å². The first kappa shape index (κ1) is 18.7. The Morgan fingerprint density at radius 1 is 0.893 bits per heavy atom. The smallest absolute Gasteiger partial charge is 0.0721 e. The lowest BCUT2D eigenvalue weighted by Gasteiger charge is -2.25. The van der Waals surface area contributed by atoms with Crippen molar-refractivity contribution in [1.82, 2.24) is 5.32 Å². The van der Waals surface area contributed by atoms with Crippen molar-refractivity contribution in [2.45, 2.75) is 31.1 Å². The van der Waals surface area contributed by atoms with Crippen molar-refractivity contribution < 1.29 is 4.74 Å². The van der Waals surface area contributed by atoms with Gasteiger partial charge in [-0.3, -0.25) is 0 Å². The zero-order chi connectivity index (χ0) is 19.2. The Labute approximate surface area is 167 Å². The molecule has 2 heteroatoms. The molecule has 1 saturated heterocycles. The molecule has 2 nitrogen and oxygen atoms in total. The van der Waals surface area contributed by atoms with Gasteiger partial charge in [-0.1, -0.05) is 97.6 Å². The van der Waals surface area contributed by atoms with Gasteiger partial charge >= 0.3 is 0 Å². The standard InChI is InChI=1S/C26H27NO/c1-2-20-13-15-21(16-14-20)19-28-24-17-25(27-18-24)26(22-9-5-3-6-10-22)23-11-7-4-8-12-23/h2-16,24-27H,1,17-19H2/t24-,25+/m1/s1. The molecular formula is C26H27NO. The molecular weight excluding hydrogens is 342 g/mol. The average molecular weight is 370 g/mol. The number of hydrogen-bond donors (Lipinski definition) is 1. The lowest BCUT2D eigenvalue weighted by molar-refractivity contribution is 0.0523. The molecule has 0 unspecified atom stereocenters. The van der Waals surface area contributed by atoms with Crippen molar-refractivity contribution in [1.29, 1.82) is 0 Å². The largest absolute Gasteiger partial charge is 0.372 e. The maximum absolute atomic E-state index is 6.23. The Bertz CT molecular complexity index is 834. The quantitative estimate of drug-likeness (QED) is 0.601. The van der Waals surface area contributed by atoms with Crippen molar-refractivity contribution in [3.63, 3.8) is 0 Å². The minimum atomic E-state index is 0.235. The van der Waals surface area contributed by atoms with Crippen LogP contribution in [-0.4, -0.2) is 18.7 Å². The number of hydrogen-bond acceptors (Lipinski definition) is 2. The monoisotopic (exact) mass is 369 g/mol. The van der Waals surface area contributed by atoms with Gasteiger partial charge in [0.2, 0.25) is 0 Å². The van der Waals surface area contributed by atoms with Crippen LogP contribution >= 0.6 is 0 Å². The van der Waals surface area contributed by atoms with E-state index in [0.717, 1.165) is 18.5 Å². The maximum Gasteiger partial charge on any atom is 0.0721 e.